The molecule has 0 saturated heterocycles. The highest BCUT2D eigenvalue weighted by atomic mass is 32.2. The van der Waals surface area contributed by atoms with E-state index in [0.717, 1.165) is 18.1 Å². The molecule has 15 heavy (non-hydrogen) atoms. The van der Waals surface area contributed by atoms with Gasteiger partial charge in [-0.15, -0.1) is 0 Å². The summed E-state index contributed by atoms with van der Waals surface area (Å²) in [4.78, 5) is 0. The lowest BCUT2D eigenvalue weighted by Crippen LogP contribution is -2.20. The Balaban J connectivity index is 2.08. The quantitative estimate of drug-likeness (QED) is 0.705. The third kappa shape index (κ3) is 6.58. The van der Waals surface area contributed by atoms with Crippen molar-refractivity contribution in [2.24, 2.45) is 0 Å². The highest BCUT2D eigenvalue weighted by molar-refractivity contribution is 7.98. The summed E-state index contributed by atoms with van der Waals surface area (Å²) in [6.45, 7) is 7.11. The van der Waals surface area contributed by atoms with Crippen LogP contribution in [0.15, 0.2) is 30.3 Å². The minimum absolute atomic E-state index is 0.00664. The van der Waals surface area contributed by atoms with E-state index in [4.69, 9.17) is 4.74 Å². The third-order valence-corrected chi connectivity index (χ3v) is 2.87. The fourth-order valence-electron chi connectivity index (χ4n) is 1.17. The first-order valence-corrected chi connectivity index (χ1v) is 6.49. The molecule has 0 aliphatic heterocycles. The molecular formula is C13H20OS. The second-order valence-corrected chi connectivity index (χ2v) is 5.60. The fourth-order valence-corrected chi connectivity index (χ4v) is 1.94. The minimum Gasteiger partial charge on any atom is -0.375 e. The Morgan fingerprint density at radius 1 is 1.13 bits per heavy atom. The van der Waals surface area contributed by atoms with Crippen LogP contribution in [0, 0.1) is 0 Å². The predicted octanol–water partition coefficient (Wildman–Crippen LogP) is 3.73. The second-order valence-electron chi connectivity index (χ2n) is 4.50. The van der Waals surface area contributed by atoms with E-state index in [-0.39, 0.29) is 5.60 Å². The molecule has 0 aliphatic rings. The van der Waals surface area contributed by atoms with Gasteiger partial charge in [-0.05, 0) is 26.3 Å². The monoisotopic (exact) mass is 224 g/mol. The van der Waals surface area contributed by atoms with E-state index < -0.39 is 0 Å². The van der Waals surface area contributed by atoms with Crippen molar-refractivity contribution in [3.8, 4) is 0 Å². The summed E-state index contributed by atoms with van der Waals surface area (Å²) in [6, 6.07) is 10.6. The molecule has 1 nitrogen and oxygen atoms in total. The van der Waals surface area contributed by atoms with E-state index in [0.29, 0.717) is 0 Å². The van der Waals surface area contributed by atoms with Gasteiger partial charge in [0.05, 0.1) is 12.2 Å². The molecule has 84 valence electrons. The van der Waals surface area contributed by atoms with Crippen LogP contribution < -0.4 is 0 Å². The topological polar surface area (TPSA) is 9.23 Å². The van der Waals surface area contributed by atoms with Gasteiger partial charge in [-0.2, -0.15) is 11.8 Å². The number of benzene rings is 1. The molecule has 0 amide bonds. The molecule has 0 atom stereocenters. The number of thioether (sulfide) groups is 1. The lowest BCUT2D eigenvalue weighted by atomic mass is 10.2. The van der Waals surface area contributed by atoms with Crippen molar-refractivity contribution in [1.29, 1.82) is 0 Å². The number of hydrogen-bond acceptors (Lipinski definition) is 2. The van der Waals surface area contributed by atoms with Gasteiger partial charge in [0.2, 0.25) is 0 Å². The molecule has 2 heteroatoms. The van der Waals surface area contributed by atoms with E-state index in [1.165, 1.54) is 5.56 Å². The minimum atomic E-state index is -0.00664. The number of rotatable bonds is 5. The molecule has 0 unspecified atom stereocenters. The normalized spacial score (nSPS) is 11.7. The number of hydrogen-bond donors (Lipinski definition) is 0. The summed E-state index contributed by atoms with van der Waals surface area (Å²) < 4.78 is 5.65. The molecule has 0 aromatic heterocycles. The first-order chi connectivity index (χ1) is 7.08. The van der Waals surface area contributed by atoms with Gasteiger partial charge in [0, 0.05) is 11.5 Å². The Bertz CT molecular complexity index is 264. The zero-order valence-electron chi connectivity index (χ0n) is 9.82. The summed E-state index contributed by atoms with van der Waals surface area (Å²) in [6.07, 6.45) is 0. The summed E-state index contributed by atoms with van der Waals surface area (Å²) >= 11 is 1.92. The maximum Gasteiger partial charge on any atom is 0.0598 e. The Morgan fingerprint density at radius 3 is 2.40 bits per heavy atom. The van der Waals surface area contributed by atoms with E-state index in [1.807, 2.05) is 11.8 Å². The van der Waals surface area contributed by atoms with Crippen LogP contribution in [-0.4, -0.2) is 18.0 Å². The van der Waals surface area contributed by atoms with Gasteiger partial charge in [-0.25, -0.2) is 0 Å². The molecule has 1 rings (SSSR count). The first-order valence-electron chi connectivity index (χ1n) is 5.33. The van der Waals surface area contributed by atoms with Gasteiger partial charge in [0.1, 0.15) is 0 Å². The fraction of sp³-hybridized carbons (Fsp3) is 0.538. The molecule has 0 radical (unpaired) electrons. The molecule has 0 bridgehead atoms. The smallest absolute Gasteiger partial charge is 0.0598 e. The molecule has 0 spiro atoms. The molecule has 1 aromatic carbocycles. The van der Waals surface area contributed by atoms with Crippen LogP contribution in [0.4, 0.5) is 0 Å². The second kappa shape index (κ2) is 6.19. The Kier molecular flexibility index (Phi) is 5.20. The standard InChI is InChI=1S/C13H20OS/c1-13(2,3)14-9-10-15-11-12-7-5-4-6-8-12/h4-8H,9-11H2,1-3H3. The van der Waals surface area contributed by atoms with Crippen LogP contribution in [0.1, 0.15) is 26.3 Å². The summed E-state index contributed by atoms with van der Waals surface area (Å²) in [5.74, 6) is 2.14. The average Bonchev–Trinajstić information content (AvgIpc) is 2.17. The van der Waals surface area contributed by atoms with Crippen LogP contribution in [0.5, 0.6) is 0 Å². The summed E-state index contributed by atoms with van der Waals surface area (Å²) in [5, 5.41) is 0. The van der Waals surface area contributed by atoms with Crippen molar-refractivity contribution in [1.82, 2.24) is 0 Å². The lowest BCUT2D eigenvalue weighted by molar-refractivity contribution is 0.00694. The van der Waals surface area contributed by atoms with Crippen molar-refractivity contribution < 1.29 is 4.74 Å². The molecule has 1 aromatic rings. The Morgan fingerprint density at radius 2 is 1.80 bits per heavy atom. The van der Waals surface area contributed by atoms with E-state index in [9.17, 15) is 0 Å². The molecule has 0 N–H and O–H groups in total. The largest absolute Gasteiger partial charge is 0.375 e. The van der Waals surface area contributed by atoms with Crippen molar-refractivity contribution in [3.05, 3.63) is 35.9 Å². The highest BCUT2D eigenvalue weighted by Crippen LogP contribution is 2.13. The zero-order chi connectivity index (χ0) is 11.1. The van der Waals surface area contributed by atoms with Crippen LogP contribution in [-0.2, 0) is 10.5 Å². The summed E-state index contributed by atoms with van der Waals surface area (Å²) in [7, 11) is 0. The third-order valence-electron chi connectivity index (χ3n) is 1.87. The van der Waals surface area contributed by atoms with Gasteiger partial charge < -0.3 is 4.74 Å². The van der Waals surface area contributed by atoms with Gasteiger partial charge in [0.15, 0.2) is 0 Å². The summed E-state index contributed by atoms with van der Waals surface area (Å²) in [5.41, 5.74) is 1.38. The zero-order valence-corrected chi connectivity index (χ0v) is 10.6. The van der Waals surface area contributed by atoms with Gasteiger partial charge in [0.25, 0.3) is 0 Å². The van der Waals surface area contributed by atoms with Gasteiger partial charge >= 0.3 is 0 Å². The first kappa shape index (κ1) is 12.6. The average molecular weight is 224 g/mol. The van der Waals surface area contributed by atoms with Crippen molar-refractivity contribution >= 4 is 11.8 Å². The maximum absolute atomic E-state index is 5.65. The predicted molar refractivity (Wildman–Crippen MR) is 68.3 cm³/mol. The maximum atomic E-state index is 5.65. The SMILES string of the molecule is CC(C)(C)OCCSCc1ccccc1. The van der Waals surface area contributed by atoms with Gasteiger partial charge in [-0.3, -0.25) is 0 Å². The van der Waals surface area contributed by atoms with Crippen LogP contribution in [0.25, 0.3) is 0 Å². The van der Waals surface area contributed by atoms with Crippen LogP contribution in [0.2, 0.25) is 0 Å². The van der Waals surface area contributed by atoms with Crippen molar-refractivity contribution in [2.75, 3.05) is 12.4 Å². The highest BCUT2D eigenvalue weighted by Gasteiger charge is 2.08. The van der Waals surface area contributed by atoms with E-state index in [2.05, 4.69) is 51.1 Å². The van der Waals surface area contributed by atoms with Gasteiger partial charge in [-0.1, -0.05) is 30.3 Å². The number of ether oxygens (including phenoxy) is 1. The molecular weight excluding hydrogens is 204 g/mol. The molecule has 0 aliphatic carbocycles. The Labute approximate surface area is 97.2 Å². The van der Waals surface area contributed by atoms with E-state index >= 15 is 0 Å². The van der Waals surface area contributed by atoms with E-state index in [1.54, 1.807) is 0 Å². The van der Waals surface area contributed by atoms with Crippen molar-refractivity contribution in [2.45, 2.75) is 32.1 Å². The van der Waals surface area contributed by atoms with Crippen LogP contribution >= 0.6 is 11.8 Å². The molecule has 0 fully saturated rings. The Hall–Kier alpha value is -0.470. The molecule has 0 heterocycles. The van der Waals surface area contributed by atoms with Crippen molar-refractivity contribution in [3.63, 3.8) is 0 Å². The van der Waals surface area contributed by atoms with Crippen LogP contribution in [0.3, 0.4) is 0 Å². The lowest BCUT2D eigenvalue weighted by Gasteiger charge is -2.19. The molecule has 0 saturated carbocycles.